The van der Waals surface area contributed by atoms with E-state index in [9.17, 15) is 0 Å². The van der Waals surface area contributed by atoms with E-state index in [2.05, 4.69) is 46.2 Å². The first kappa shape index (κ1) is 15.3. The molecular weight excluding hydrogens is 300 g/mol. The van der Waals surface area contributed by atoms with Crippen molar-refractivity contribution in [1.29, 1.82) is 0 Å². The number of ether oxygens (including phenoxy) is 2. The highest BCUT2D eigenvalue weighted by molar-refractivity contribution is 5.47. The topological polar surface area (TPSA) is 24.9 Å². The fourth-order valence-electron chi connectivity index (χ4n) is 3.79. The third-order valence-corrected chi connectivity index (χ3v) is 5.10. The monoisotopic (exact) mass is 324 g/mol. The second kappa shape index (κ2) is 6.73. The van der Waals surface area contributed by atoms with Gasteiger partial charge >= 0.3 is 0 Å². The van der Waals surface area contributed by atoms with Crippen molar-refractivity contribution in [1.82, 2.24) is 4.90 Å². The third-order valence-electron chi connectivity index (χ3n) is 5.10. The molecule has 0 amide bonds. The smallest absolute Gasteiger partial charge is 0.124 e. The zero-order valence-electron chi connectivity index (χ0n) is 14.1. The average molecular weight is 324 g/mol. The highest BCUT2D eigenvalue weighted by Crippen LogP contribution is 2.38. The van der Waals surface area contributed by atoms with Crippen molar-refractivity contribution in [3.8, 4) is 11.5 Å². The van der Waals surface area contributed by atoms with Crippen LogP contribution in [0.1, 0.15) is 18.0 Å². The van der Waals surface area contributed by atoms with Crippen LogP contribution in [0.3, 0.4) is 0 Å². The first-order valence-corrected chi connectivity index (χ1v) is 8.70. The summed E-state index contributed by atoms with van der Waals surface area (Å²) in [6.45, 7) is 5.09. The number of methoxy groups -OCH3 is 1. The van der Waals surface area contributed by atoms with E-state index < -0.39 is 0 Å². The summed E-state index contributed by atoms with van der Waals surface area (Å²) >= 11 is 0. The largest absolute Gasteiger partial charge is 0.497 e. The zero-order valence-corrected chi connectivity index (χ0v) is 14.1. The van der Waals surface area contributed by atoms with E-state index in [1.165, 1.54) is 11.3 Å². The third kappa shape index (κ3) is 2.94. The number of para-hydroxylation sites is 1. The summed E-state index contributed by atoms with van der Waals surface area (Å²) in [6.07, 6.45) is 1.05. The number of nitrogens with zero attached hydrogens (tertiary/aromatic N) is 2. The Morgan fingerprint density at radius 2 is 1.79 bits per heavy atom. The van der Waals surface area contributed by atoms with Crippen molar-refractivity contribution in [3.63, 3.8) is 0 Å². The highest BCUT2D eigenvalue weighted by Gasteiger charge is 2.30. The first-order valence-electron chi connectivity index (χ1n) is 8.70. The Morgan fingerprint density at radius 1 is 1.00 bits per heavy atom. The minimum Gasteiger partial charge on any atom is -0.497 e. The van der Waals surface area contributed by atoms with Gasteiger partial charge in [-0.15, -0.1) is 0 Å². The Morgan fingerprint density at radius 3 is 2.54 bits per heavy atom. The number of fused-ring (bicyclic) bond motifs is 1. The van der Waals surface area contributed by atoms with Crippen molar-refractivity contribution in [2.24, 2.45) is 0 Å². The highest BCUT2D eigenvalue weighted by atomic mass is 16.5. The Labute approximate surface area is 143 Å². The first-order chi connectivity index (χ1) is 11.8. The summed E-state index contributed by atoms with van der Waals surface area (Å²) in [5, 5.41) is 0. The molecule has 1 saturated heterocycles. The van der Waals surface area contributed by atoms with E-state index in [1.807, 2.05) is 12.1 Å². The van der Waals surface area contributed by atoms with Gasteiger partial charge in [-0.05, 0) is 30.3 Å². The molecule has 0 radical (unpaired) electrons. The molecule has 2 heterocycles. The summed E-state index contributed by atoms with van der Waals surface area (Å²) < 4.78 is 11.3. The fourth-order valence-corrected chi connectivity index (χ4v) is 3.79. The van der Waals surface area contributed by atoms with Gasteiger partial charge in [-0.1, -0.05) is 18.2 Å². The van der Waals surface area contributed by atoms with Crippen LogP contribution >= 0.6 is 0 Å². The van der Waals surface area contributed by atoms with E-state index in [4.69, 9.17) is 9.47 Å². The predicted molar refractivity (Wildman–Crippen MR) is 96.1 cm³/mol. The molecule has 0 aliphatic carbocycles. The van der Waals surface area contributed by atoms with Crippen LogP contribution in [0, 0.1) is 0 Å². The van der Waals surface area contributed by atoms with Gasteiger partial charge in [0.25, 0.3) is 0 Å². The molecule has 2 aliphatic rings. The fraction of sp³-hybridized carbons (Fsp3) is 0.400. The Balaban J connectivity index is 1.49. The van der Waals surface area contributed by atoms with Gasteiger partial charge in [-0.2, -0.15) is 0 Å². The summed E-state index contributed by atoms with van der Waals surface area (Å²) in [4.78, 5) is 5.07. The number of hydrogen-bond donors (Lipinski definition) is 0. The molecule has 1 atom stereocenters. The summed E-state index contributed by atoms with van der Waals surface area (Å²) in [5.74, 6) is 1.92. The van der Waals surface area contributed by atoms with Gasteiger partial charge in [0.05, 0.1) is 13.7 Å². The summed E-state index contributed by atoms with van der Waals surface area (Å²) in [6, 6.07) is 17.3. The Hall–Kier alpha value is -2.20. The van der Waals surface area contributed by atoms with Crippen LogP contribution in [-0.4, -0.2) is 44.8 Å². The van der Waals surface area contributed by atoms with Gasteiger partial charge in [-0.25, -0.2) is 0 Å². The van der Waals surface area contributed by atoms with Crippen molar-refractivity contribution in [3.05, 3.63) is 54.1 Å². The van der Waals surface area contributed by atoms with Crippen LogP contribution in [0.2, 0.25) is 0 Å². The van der Waals surface area contributed by atoms with Gasteiger partial charge in [0.15, 0.2) is 0 Å². The lowest BCUT2D eigenvalue weighted by Crippen LogP contribution is -2.48. The Kier molecular flexibility index (Phi) is 4.30. The molecule has 0 aromatic heterocycles. The number of piperazine rings is 1. The molecule has 4 nitrogen and oxygen atoms in total. The van der Waals surface area contributed by atoms with Crippen LogP contribution in [0.25, 0.3) is 0 Å². The number of hydrogen-bond acceptors (Lipinski definition) is 4. The molecule has 4 rings (SSSR count). The summed E-state index contributed by atoms with van der Waals surface area (Å²) in [5.41, 5.74) is 2.60. The minimum absolute atomic E-state index is 0.432. The lowest BCUT2D eigenvalue weighted by molar-refractivity contribution is 0.133. The van der Waals surface area contributed by atoms with Crippen molar-refractivity contribution < 1.29 is 9.47 Å². The maximum atomic E-state index is 5.84. The standard InChI is InChI=1S/C20H24N2O2/c1-23-17-7-8-20-18(15-17)19(9-14-24-20)22-12-10-21(11-13-22)16-5-3-2-4-6-16/h2-8,15,19H,9-14H2,1H3. The molecule has 126 valence electrons. The van der Waals surface area contributed by atoms with Gasteiger partial charge in [-0.3, -0.25) is 4.90 Å². The van der Waals surface area contributed by atoms with Crippen LogP contribution in [0.5, 0.6) is 11.5 Å². The summed E-state index contributed by atoms with van der Waals surface area (Å²) in [7, 11) is 1.72. The number of rotatable bonds is 3. The molecule has 2 aromatic carbocycles. The van der Waals surface area contributed by atoms with E-state index in [0.717, 1.165) is 50.7 Å². The number of benzene rings is 2. The maximum absolute atomic E-state index is 5.84. The molecule has 0 saturated carbocycles. The number of anilines is 1. The lowest BCUT2D eigenvalue weighted by Gasteiger charge is -2.42. The minimum atomic E-state index is 0.432. The molecule has 2 aliphatic heterocycles. The van der Waals surface area contributed by atoms with E-state index in [-0.39, 0.29) is 0 Å². The average Bonchev–Trinajstić information content (AvgIpc) is 2.68. The molecule has 0 spiro atoms. The second-order valence-corrected chi connectivity index (χ2v) is 6.42. The van der Waals surface area contributed by atoms with Crippen LogP contribution in [0.4, 0.5) is 5.69 Å². The molecule has 0 bridgehead atoms. The molecule has 2 aromatic rings. The molecule has 1 fully saturated rings. The maximum Gasteiger partial charge on any atom is 0.124 e. The van der Waals surface area contributed by atoms with Gasteiger partial charge in [0.1, 0.15) is 11.5 Å². The zero-order chi connectivity index (χ0) is 16.4. The second-order valence-electron chi connectivity index (χ2n) is 6.42. The van der Waals surface area contributed by atoms with Gasteiger partial charge in [0.2, 0.25) is 0 Å². The Bertz CT molecular complexity index is 681. The molecule has 4 heteroatoms. The molecule has 0 N–H and O–H groups in total. The van der Waals surface area contributed by atoms with Crippen molar-refractivity contribution in [2.75, 3.05) is 44.8 Å². The van der Waals surface area contributed by atoms with Crippen LogP contribution in [0.15, 0.2) is 48.5 Å². The van der Waals surface area contributed by atoms with Crippen molar-refractivity contribution in [2.45, 2.75) is 12.5 Å². The van der Waals surface area contributed by atoms with Gasteiger partial charge < -0.3 is 14.4 Å². The lowest BCUT2D eigenvalue weighted by atomic mass is 9.98. The van der Waals surface area contributed by atoms with E-state index in [1.54, 1.807) is 7.11 Å². The SMILES string of the molecule is COc1ccc2c(c1)C(N1CCN(c3ccccc3)CC1)CCO2. The van der Waals surface area contributed by atoms with Crippen LogP contribution in [-0.2, 0) is 0 Å². The van der Waals surface area contributed by atoms with Crippen molar-refractivity contribution >= 4 is 5.69 Å². The van der Waals surface area contributed by atoms with E-state index >= 15 is 0 Å². The molecular formula is C20H24N2O2. The quantitative estimate of drug-likeness (QED) is 0.864. The van der Waals surface area contributed by atoms with E-state index in [0.29, 0.717) is 6.04 Å². The molecule has 24 heavy (non-hydrogen) atoms. The molecule has 1 unspecified atom stereocenters. The normalized spacial score (nSPS) is 21.0. The van der Waals surface area contributed by atoms with Crippen LogP contribution < -0.4 is 14.4 Å². The predicted octanol–water partition coefficient (Wildman–Crippen LogP) is 3.34. The van der Waals surface area contributed by atoms with Gasteiger partial charge in [0, 0.05) is 49.9 Å².